The van der Waals surface area contributed by atoms with Crippen LogP contribution < -0.4 is 9.64 Å². The van der Waals surface area contributed by atoms with Crippen molar-refractivity contribution >= 4 is 5.95 Å². The lowest BCUT2D eigenvalue weighted by Gasteiger charge is -2.44. The number of tetrazole rings is 1. The Bertz CT molecular complexity index is 1650. The number of likely N-dealkylation sites (tertiary alicyclic amines) is 1. The SMILES string of the molecule is CCC(c1ccc(C(F)(F)F)cc1CN(Cc1cc(CF)cc(C(F)(F)F)c1)c1nnn(C)n1)N1CC(Oc2cccc(C)c2)C1. The maximum Gasteiger partial charge on any atom is 0.416 e. The first-order chi connectivity index (χ1) is 21.7. The Kier molecular flexibility index (Phi) is 9.57. The molecule has 3 aromatic carbocycles. The lowest BCUT2D eigenvalue weighted by Crippen LogP contribution is -2.55. The number of alkyl halides is 7. The van der Waals surface area contributed by atoms with Crippen molar-refractivity contribution in [2.45, 2.75) is 64.5 Å². The number of hydrogen-bond donors (Lipinski definition) is 0. The third kappa shape index (κ3) is 7.77. The summed E-state index contributed by atoms with van der Waals surface area (Å²) in [6.07, 6.45) is -8.88. The second-order valence-electron chi connectivity index (χ2n) is 11.5. The zero-order valence-corrected chi connectivity index (χ0v) is 25.4. The Morgan fingerprint density at radius 3 is 2.24 bits per heavy atom. The van der Waals surface area contributed by atoms with Crippen molar-refractivity contribution in [1.29, 1.82) is 0 Å². The van der Waals surface area contributed by atoms with Crippen molar-refractivity contribution in [3.63, 3.8) is 0 Å². The Labute approximate surface area is 261 Å². The van der Waals surface area contributed by atoms with E-state index in [4.69, 9.17) is 4.74 Å². The summed E-state index contributed by atoms with van der Waals surface area (Å²) in [5.74, 6) is 0.735. The van der Waals surface area contributed by atoms with Gasteiger partial charge in [-0.1, -0.05) is 36.3 Å². The van der Waals surface area contributed by atoms with E-state index < -0.39 is 30.2 Å². The maximum absolute atomic E-state index is 13.9. The van der Waals surface area contributed by atoms with Crippen molar-refractivity contribution in [1.82, 2.24) is 25.1 Å². The predicted octanol–water partition coefficient (Wildman–Crippen LogP) is 7.45. The molecule has 46 heavy (non-hydrogen) atoms. The van der Waals surface area contributed by atoms with Gasteiger partial charge >= 0.3 is 12.4 Å². The molecule has 1 aromatic heterocycles. The number of aryl methyl sites for hydroxylation is 2. The predicted molar refractivity (Wildman–Crippen MR) is 157 cm³/mol. The molecule has 1 aliphatic heterocycles. The van der Waals surface area contributed by atoms with E-state index in [1.54, 1.807) is 0 Å². The topological polar surface area (TPSA) is 59.3 Å². The number of hydrogen-bond acceptors (Lipinski definition) is 6. The summed E-state index contributed by atoms with van der Waals surface area (Å²) in [7, 11) is 1.49. The summed E-state index contributed by atoms with van der Waals surface area (Å²) < 4.78 is 102. The van der Waals surface area contributed by atoms with Gasteiger partial charge in [-0.15, -0.1) is 5.10 Å². The Hall–Kier alpha value is -4.20. The van der Waals surface area contributed by atoms with Gasteiger partial charge in [-0.3, -0.25) is 4.90 Å². The zero-order valence-electron chi connectivity index (χ0n) is 25.4. The van der Waals surface area contributed by atoms with Gasteiger partial charge in [0.1, 0.15) is 18.5 Å². The van der Waals surface area contributed by atoms with Gasteiger partial charge in [0.15, 0.2) is 0 Å². The molecule has 1 atom stereocenters. The molecule has 5 rings (SSSR count). The number of aromatic nitrogens is 4. The first-order valence-corrected chi connectivity index (χ1v) is 14.7. The van der Waals surface area contributed by atoms with E-state index in [0.717, 1.165) is 40.4 Å². The highest BCUT2D eigenvalue weighted by molar-refractivity contribution is 5.42. The van der Waals surface area contributed by atoms with E-state index in [0.29, 0.717) is 30.6 Å². The summed E-state index contributed by atoms with van der Waals surface area (Å²) in [5, 5.41) is 12.0. The summed E-state index contributed by atoms with van der Waals surface area (Å²) in [6.45, 7) is 3.46. The lowest BCUT2D eigenvalue weighted by molar-refractivity contribution is -0.138. The van der Waals surface area contributed by atoms with Crippen molar-refractivity contribution in [2.24, 2.45) is 7.05 Å². The fraction of sp³-hybridized carbons (Fsp3) is 0.406. The normalized spacial score (nSPS) is 15.1. The number of rotatable bonds is 11. The van der Waals surface area contributed by atoms with E-state index in [-0.39, 0.29) is 42.3 Å². The molecule has 1 fully saturated rings. The zero-order chi connectivity index (χ0) is 33.2. The van der Waals surface area contributed by atoms with Crippen LogP contribution in [0.2, 0.25) is 0 Å². The minimum atomic E-state index is -4.73. The van der Waals surface area contributed by atoms with E-state index in [9.17, 15) is 30.7 Å². The van der Waals surface area contributed by atoms with Gasteiger partial charge in [-0.2, -0.15) is 31.1 Å². The Morgan fingerprint density at radius 2 is 1.63 bits per heavy atom. The van der Waals surface area contributed by atoms with Crippen LogP contribution in [0.3, 0.4) is 0 Å². The summed E-state index contributed by atoms with van der Waals surface area (Å²) >= 11 is 0. The van der Waals surface area contributed by atoms with Crippen LogP contribution in [0.5, 0.6) is 5.75 Å². The molecule has 0 radical (unpaired) electrons. The van der Waals surface area contributed by atoms with Crippen molar-refractivity contribution in [3.8, 4) is 5.75 Å². The first-order valence-electron chi connectivity index (χ1n) is 14.7. The second-order valence-corrected chi connectivity index (χ2v) is 11.5. The molecule has 246 valence electrons. The van der Waals surface area contributed by atoms with E-state index in [1.807, 2.05) is 38.1 Å². The monoisotopic (exact) mass is 650 g/mol. The van der Waals surface area contributed by atoms with Crippen molar-refractivity contribution < 1.29 is 35.5 Å². The average molecular weight is 651 g/mol. The summed E-state index contributed by atoms with van der Waals surface area (Å²) in [5.41, 5.74) is 0.00805. The fourth-order valence-corrected chi connectivity index (χ4v) is 5.72. The van der Waals surface area contributed by atoms with Crippen LogP contribution in [0, 0.1) is 6.92 Å². The Balaban J connectivity index is 1.47. The first kappa shape index (κ1) is 33.2. The molecule has 0 bridgehead atoms. The van der Waals surface area contributed by atoms with Gasteiger partial charge in [0.2, 0.25) is 0 Å². The smallest absolute Gasteiger partial charge is 0.416 e. The van der Waals surface area contributed by atoms with Crippen molar-refractivity contribution in [3.05, 3.63) is 99.6 Å². The largest absolute Gasteiger partial charge is 0.488 e. The van der Waals surface area contributed by atoms with Crippen LogP contribution in [0.1, 0.15) is 58.3 Å². The molecule has 0 saturated carbocycles. The number of halogens is 7. The molecule has 14 heteroatoms. The van der Waals surface area contributed by atoms with Gasteiger partial charge in [0.25, 0.3) is 5.95 Å². The van der Waals surface area contributed by atoms with Gasteiger partial charge in [-0.25, -0.2) is 4.39 Å². The highest BCUT2D eigenvalue weighted by atomic mass is 19.4. The molecular formula is C32H33F7N6O. The van der Waals surface area contributed by atoms with Gasteiger partial charge in [-0.05, 0) is 82.8 Å². The minimum Gasteiger partial charge on any atom is -0.488 e. The van der Waals surface area contributed by atoms with Crippen LogP contribution >= 0.6 is 0 Å². The molecule has 4 aromatic rings. The summed E-state index contributed by atoms with van der Waals surface area (Å²) in [6, 6.07) is 13.9. The Morgan fingerprint density at radius 1 is 0.913 bits per heavy atom. The molecule has 2 heterocycles. The quantitative estimate of drug-likeness (QED) is 0.157. The molecule has 1 unspecified atom stereocenters. The fourth-order valence-electron chi connectivity index (χ4n) is 5.72. The summed E-state index contributed by atoms with van der Waals surface area (Å²) in [4.78, 5) is 4.70. The second kappa shape index (κ2) is 13.3. The standard InChI is InChI=1S/C32H33F7N6O/c1-4-29(44-18-27(19-44)46-26-7-5-6-20(2)10-26)28-9-8-24(31(34,35)36)14-23(28)17-45(30-40-42-43(3)41-30)16-22-11-21(15-33)12-25(13-22)32(37,38)39/h5-14,27,29H,4,15-19H2,1-3H3. The van der Waals surface area contributed by atoms with Crippen LogP contribution in [0.25, 0.3) is 0 Å². The van der Waals surface area contributed by atoms with Crippen molar-refractivity contribution in [2.75, 3.05) is 18.0 Å². The molecular weight excluding hydrogens is 617 g/mol. The molecule has 1 aliphatic rings. The molecule has 7 nitrogen and oxygen atoms in total. The lowest BCUT2D eigenvalue weighted by atomic mass is 9.92. The highest BCUT2D eigenvalue weighted by Gasteiger charge is 2.37. The third-order valence-electron chi connectivity index (χ3n) is 7.87. The van der Waals surface area contributed by atoms with Crippen LogP contribution in [0.15, 0.2) is 60.7 Å². The number of benzene rings is 3. The number of nitrogens with zero attached hydrogens (tertiary/aromatic N) is 6. The number of anilines is 1. The number of ether oxygens (including phenoxy) is 1. The third-order valence-corrected chi connectivity index (χ3v) is 7.87. The molecule has 0 amide bonds. The van der Waals surface area contributed by atoms with E-state index in [2.05, 4.69) is 20.3 Å². The van der Waals surface area contributed by atoms with Gasteiger partial charge in [0, 0.05) is 32.2 Å². The highest BCUT2D eigenvalue weighted by Crippen LogP contribution is 2.38. The van der Waals surface area contributed by atoms with Crippen LogP contribution in [-0.4, -0.2) is 44.3 Å². The minimum absolute atomic E-state index is 0.00584. The molecule has 0 N–H and O–H groups in total. The molecule has 0 aliphatic carbocycles. The van der Waals surface area contributed by atoms with Crippen LogP contribution in [0.4, 0.5) is 36.7 Å². The van der Waals surface area contributed by atoms with Gasteiger partial charge < -0.3 is 9.64 Å². The van der Waals surface area contributed by atoms with Crippen LogP contribution in [-0.2, 0) is 39.2 Å². The maximum atomic E-state index is 13.9. The van der Waals surface area contributed by atoms with E-state index in [1.165, 1.54) is 24.1 Å². The van der Waals surface area contributed by atoms with Gasteiger partial charge in [0.05, 0.1) is 18.2 Å². The molecule has 1 saturated heterocycles. The average Bonchev–Trinajstić information content (AvgIpc) is 3.41. The van der Waals surface area contributed by atoms with E-state index >= 15 is 0 Å². The molecule has 0 spiro atoms.